The molecular weight excluding hydrogens is 134 g/mol. The lowest BCUT2D eigenvalue weighted by Crippen LogP contribution is -2.35. The number of carbonyl (C=O) groups is 1. The van der Waals surface area contributed by atoms with Crippen LogP contribution in [0, 0.1) is 0 Å². The van der Waals surface area contributed by atoms with Gasteiger partial charge < -0.3 is 5.73 Å². The van der Waals surface area contributed by atoms with Gasteiger partial charge in [-0.25, -0.2) is 0 Å². The van der Waals surface area contributed by atoms with Gasteiger partial charge in [0, 0.05) is 17.2 Å². The van der Waals surface area contributed by atoms with Crippen molar-refractivity contribution < 1.29 is 4.79 Å². The highest BCUT2D eigenvalue weighted by Gasteiger charge is 2.37. The van der Waals surface area contributed by atoms with E-state index in [1.54, 1.807) is 0 Å². The summed E-state index contributed by atoms with van der Waals surface area (Å²) in [6.07, 6.45) is 0.539. The van der Waals surface area contributed by atoms with Crippen LogP contribution in [0.3, 0.4) is 0 Å². The number of thioether (sulfide) groups is 1. The maximum atomic E-state index is 10.8. The lowest BCUT2D eigenvalue weighted by atomic mass is 10.0. The van der Waals surface area contributed by atoms with Gasteiger partial charge in [0.1, 0.15) is 0 Å². The van der Waals surface area contributed by atoms with Crippen molar-refractivity contribution in [2.75, 3.05) is 0 Å². The molecule has 1 heterocycles. The molecule has 52 valence electrons. The predicted octanol–water partition coefficient (Wildman–Crippen LogP) is 0.756. The van der Waals surface area contributed by atoms with Gasteiger partial charge in [-0.05, 0) is 13.8 Å². The van der Waals surface area contributed by atoms with E-state index < -0.39 is 0 Å². The molecule has 0 spiro atoms. The van der Waals surface area contributed by atoms with E-state index in [2.05, 4.69) is 0 Å². The molecule has 0 aliphatic carbocycles. The largest absolute Gasteiger partial charge is 0.326 e. The minimum absolute atomic E-state index is 0.0307. The molecule has 2 N–H and O–H groups in total. The molecule has 0 aromatic rings. The quantitative estimate of drug-likeness (QED) is 0.547. The SMILES string of the molecule is CC1(C)SC(=O)CC1N. The van der Waals surface area contributed by atoms with Crippen LogP contribution in [0.1, 0.15) is 20.3 Å². The summed E-state index contributed by atoms with van der Waals surface area (Å²) in [7, 11) is 0. The average molecular weight is 145 g/mol. The smallest absolute Gasteiger partial charge is 0.191 e. The Hall–Kier alpha value is -0.0200. The van der Waals surface area contributed by atoms with Gasteiger partial charge in [0.25, 0.3) is 0 Å². The molecule has 1 saturated heterocycles. The predicted molar refractivity (Wildman–Crippen MR) is 39.3 cm³/mol. The highest BCUT2D eigenvalue weighted by molar-refractivity contribution is 8.15. The molecule has 1 aliphatic rings. The topological polar surface area (TPSA) is 43.1 Å². The van der Waals surface area contributed by atoms with Gasteiger partial charge >= 0.3 is 0 Å². The van der Waals surface area contributed by atoms with Crippen molar-refractivity contribution in [3.63, 3.8) is 0 Å². The number of hydrogen-bond donors (Lipinski definition) is 1. The van der Waals surface area contributed by atoms with Crippen LogP contribution in [0.25, 0.3) is 0 Å². The molecule has 0 saturated carbocycles. The number of carbonyl (C=O) groups excluding carboxylic acids is 1. The molecule has 1 rings (SSSR count). The minimum atomic E-state index is -0.0307. The van der Waals surface area contributed by atoms with E-state index in [4.69, 9.17) is 5.73 Å². The van der Waals surface area contributed by atoms with Crippen LogP contribution in [0.5, 0.6) is 0 Å². The molecule has 1 aliphatic heterocycles. The molecule has 1 atom stereocenters. The van der Waals surface area contributed by atoms with Gasteiger partial charge in [0.05, 0.1) is 0 Å². The van der Waals surface area contributed by atoms with Gasteiger partial charge in [-0.1, -0.05) is 11.8 Å². The number of hydrogen-bond acceptors (Lipinski definition) is 3. The van der Waals surface area contributed by atoms with Crippen LogP contribution in [0.2, 0.25) is 0 Å². The van der Waals surface area contributed by atoms with E-state index in [9.17, 15) is 4.79 Å². The monoisotopic (exact) mass is 145 g/mol. The van der Waals surface area contributed by atoms with Crippen molar-refractivity contribution in [3.8, 4) is 0 Å². The van der Waals surface area contributed by atoms with Crippen molar-refractivity contribution in [1.82, 2.24) is 0 Å². The van der Waals surface area contributed by atoms with Gasteiger partial charge in [-0.3, -0.25) is 4.79 Å². The standard InChI is InChI=1S/C6H11NOS/c1-6(2)4(7)3-5(8)9-6/h4H,3,7H2,1-2H3. The first-order chi connectivity index (χ1) is 4.02. The Morgan fingerprint density at radius 3 is 2.44 bits per heavy atom. The fourth-order valence-corrected chi connectivity index (χ4v) is 1.92. The van der Waals surface area contributed by atoms with Crippen LogP contribution in [-0.2, 0) is 4.79 Å². The second kappa shape index (κ2) is 1.99. The Kier molecular flexibility index (Phi) is 1.57. The Labute approximate surface area is 59.2 Å². The van der Waals surface area contributed by atoms with E-state index in [1.807, 2.05) is 13.8 Å². The van der Waals surface area contributed by atoms with E-state index >= 15 is 0 Å². The highest BCUT2D eigenvalue weighted by atomic mass is 32.2. The van der Waals surface area contributed by atoms with E-state index in [0.29, 0.717) is 6.42 Å². The molecule has 9 heavy (non-hydrogen) atoms. The third-order valence-electron chi connectivity index (χ3n) is 1.66. The zero-order valence-electron chi connectivity index (χ0n) is 5.68. The molecule has 1 fully saturated rings. The van der Waals surface area contributed by atoms with Crippen molar-refractivity contribution >= 4 is 16.9 Å². The fourth-order valence-electron chi connectivity index (χ4n) is 0.836. The summed E-state index contributed by atoms with van der Waals surface area (Å²) < 4.78 is -0.0307. The fraction of sp³-hybridized carbons (Fsp3) is 0.833. The van der Waals surface area contributed by atoms with E-state index in [-0.39, 0.29) is 15.9 Å². The summed E-state index contributed by atoms with van der Waals surface area (Å²) in [6, 6.07) is 0.0509. The zero-order chi connectivity index (χ0) is 7.07. The summed E-state index contributed by atoms with van der Waals surface area (Å²) in [6.45, 7) is 4.01. The summed E-state index contributed by atoms with van der Waals surface area (Å²) in [5.41, 5.74) is 5.66. The normalized spacial score (nSPS) is 33.2. The van der Waals surface area contributed by atoms with E-state index in [1.165, 1.54) is 11.8 Å². The van der Waals surface area contributed by atoms with Crippen LogP contribution in [-0.4, -0.2) is 15.9 Å². The van der Waals surface area contributed by atoms with Gasteiger partial charge in [-0.2, -0.15) is 0 Å². The molecule has 0 aromatic carbocycles. The maximum absolute atomic E-state index is 10.8. The second-order valence-electron chi connectivity index (χ2n) is 2.89. The van der Waals surface area contributed by atoms with Crippen LogP contribution in [0.15, 0.2) is 0 Å². The van der Waals surface area contributed by atoms with Crippen LogP contribution >= 0.6 is 11.8 Å². The molecular formula is C6H11NOS. The maximum Gasteiger partial charge on any atom is 0.191 e. The number of rotatable bonds is 0. The lowest BCUT2D eigenvalue weighted by Gasteiger charge is -2.19. The molecule has 0 amide bonds. The summed E-state index contributed by atoms with van der Waals surface area (Å²) in [5, 5.41) is 0.229. The highest BCUT2D eigenvalue weighted by Crippen LogP contribution is 2.37. The van der Waals surface area contributed by atoms with Crippen molar-refractivity contribution in [2.24, 2.45) is 5.73 Å². The van der Waals surface area contributed by atoms with Gasteiger partial charge in [0.2, 0.25) is 0 Å². The minimum Gasteiger partial charge on any atom is -0.326 e. The molecule has 3 heteroatoms. The third kappa shape index (κ3) is 1.27. The molecule has 1 unspecified atom stereocenters. The first-order valence-electron chi connectivity index (χ1n) is 3.00. The molecule has 0 bridgehead atoms. The Morgan fingerprint density at radius 1 is 1.78 bits per heavy atom. The van der Waals surface area contributed by atoms with Crippen molar-refractivity contribution in [3.05, 3.63) is 0 Å². The first-order valence-corrected chi connectivity index (χ1v) is 3.81. The lowest BCUT2D eigenvalue weighted by molar-refractivity contribution is -0.110. The van der Waals surface area contributed by atoms with Crippen molar-refractivity contribution in [2.45, 2.75) is 31.1 Å². The first kappa shape index (κ1) is 7.09. The van der Waals surface area contributed by atoms with Gasteiger partial charge in [-0.15, -0.1) is 0 Å². The van der Waals surface area contributed by atoms with Crippen LogP contribution < -0.4 is 5.73 Å². The van der Waals surface area contributed by atoms with Crippen molar-refractivity contribution in [1.29, 1.82) is 0 Å². The molecule has 0 radical (unpaired) electrons. The zero-order valence-corrected chi connectivity index (χ0v) is 6.49. The van der Waals surface area contributed by atoms with Crippen LogP contribution in [0.4, 0.5) is 0 Å². The summed E-state index contributed by atoms with van der Waals surface area (Å²) in [4.78, 5) is 10.8. The second-order valence-corrected chi connectivity index (χ2v) is 4.60. The molecule has 2 nitrogen and oxygen atoms in total. The summed E-state index contributed by atoms with van der Waals surface area (Å²) in [5.74, 6) is 0. The van der Waals surface area contributed by atoms with E-state index in [0.717, 1.165) is 0 Å². The summed E-state index contributed by atoms with van der Waals surface area (Å²) >= 11 is 1.37. The Balaban J connectivity index is 2.69. The third-order valence-corrected chi connectivity index (χ3v) is 2.88. The molecule has 0 aromatic heterocycles. The van der Waals surface area contributed by atoms with Gasteiger partial charge in [0.15, 0.2) is 5.12 Å². The number of nitrogens with two attached hydrogens (primary N) is 1. The average Bonchev–Trinajstić information content (AvgIpc) is 1.79. The Bertz CT molecular complexity index is 144. The Morgan fingerprint density at radius 2 is 2.33 bits per heavy atom.